The first-order valence-corrected chi connectivity index (χ1v) is 8.93. The van der Waals surface area contributed by atoms with Gasteiger partial charge in [-0.2, -0.15) is 0 Å². The normalized spacial score (nSPS) is 16.9. The summed E-state index contributed by atoms with van der Waals surface area (Å²) in [7, 11) is 1.66. The first-order valence-electron chi connectivity index (χ1n) is 8.55. The molecule has 3 rings (SSSR count). The maximum absolute atomic E-state index is 12.8. The van der Waals surface area contributed by atoms with E-state index in [0.717, 1.165) is 5.56 Å². The number of carbonyl (C=O) groups is 3. The number of rotatable bonds is 5. The number of nitrogens with one attached hydrogen (secondary N) is 1. The SMILES string of the molecule is Cc1ccccc1N1C(=O)C[C@H](N(C)CC(=O)Nc2ccccc2Cl)C1=O. The van der Waals surface area contributed by atoms with Crippen molar-refractivity contribution in [1.29, 1.82) is 0 Å². The lowest BCUT2D eigenvalue weighted by molar-refractivity contribution is -0.123. The number of aryl methyl sites for hydroxylation is 1. The van der Waals surface area contributed by atoms with Gasteiger partial charge in [-0.25, -0.2) is 4.90 Å². The first-order chi connectivity index (χ1) is 12.9. The van der Waals surface area contributed by atoms with Crippen molar-refractivity contribution < 1.29 is 14.4 Å². The van der Waals surface area contributed by atoms with Crippen molar-refractivity contribution in [3.63, 3.8) is 0 Å². The predicted octanol–water partition coefficient (Wildman–Crippen LogP) is 2.85. The van der Waals surface area contributed by atoms with E-state index in [0.29, 0.717) is 16.4 Å². The molecule has 27 heavy (non-hydrogen) atoms. The van der Waals surface area contributed by atoms with E-state index in [2.05, 4.69) is 5.32 Å². The van der Waals surface area contributed by atoms with Crippen molar-refractivity contribution in [2.75, 3.05) is 23.8 Å². The Kier molecular flexibility index (Phi) is 5.58. The van der Waals surface area contributed by atoms with Gasteiger partial charge in [0.05, 0.1) is 35.4 Å². The molecule has 1 atom stereocenters. The summed E-state index contributed by atoms with van der Waals surface area (Å²) >= 11 is 6.04. The molecule has 140 valence electrons. The van der Waals surface area contributed by atoms with Crippen LogP contribution in [-0.2, 0) is 14.4 Å². The number of halogens is 1. The fraction of sp³-hybridized carbons (Fsp3) is 0.250. The number of carbonyl (C=O) groups excluding carboxylic acids is 3. The number of benzene rings is 2. The van der Waals surface area contributed by atoms with Gasteiger partial charge in [-0.3, -0.25) is 19.3 Å². The largest absolute Gasteiger partial charge is 0.324 e. The minimum atomic E-state index is -0.672. The van der Waals surface area contributed by atoms with Gasteiger partial charge < -0.3 is 5.32 Å². The molecule has 1 N–H and O–H groups in total. The number of likely N-dealkylation sites (N-methyl/N-ethyl adjacent to an activating group) is 1. The second-order valence-corrected chi connectivity index (χ2v) is 6.92. The second-order valence-electron chi connectivity index (χ2n) is 6.52. The lowest BCUT2D eigenvalue weighted by Crippen LogP contribution is -2.43. The number of hydrogen-bond donors (Lipinski definition) is 1. The molecular formula is C20H20ClN3O3. The highest BCUT2D eigenvalue weighted by molar-refractivity contribution is 6.33. The monoisotopic (exact) mass is 385 g/mol. The molecule has 1 fully saturated rings. The molecule has 6 nitrogen and oxygen atoms in total. The van der Waals surface area contributed by atoms with E-state index < -0.39 is 6.04 Å². The maximum atomic E-state index is 12.8. The van der Waals surface area contributed by atoms with E-state index in [1.54, 1.807) is 48.3 Å². The Morgan fingerprint density at radius 1 is 1.19 bits per heavy atom. The van der Waals surface area contributed by atoms with Crippen LogP contribution in [0.25, 0.3) is 0 Å². The molecule has 0 spiro atoms. The Hall–Kier alpha value is -2.70. The fourth-order valence-electron chi connectivity index (χ4n) is 3.12. The number of anilines is 2. The third kappa shape index (κ3) is 4.02. The highest BCUT2D eigenvalue weighted by atomic mass is 35.5. The van der Waals surface area contributed by atoms with Crippen LogP contribution in [-0.4, -0.2) is 42.3 Å². The van der Waals surface area contributed by atoms with Gasteiger partial charge in [-0.15, -0.1) is 0 Å². The zero-order valence-electron chi connectivity index (χ0n) is 15.1. The Balaban J connectivity index is 1.69. The van der Waals surface area contributed by atoms with E-state index in [-0.39, 0.29) is 30.7 Å². The lowest BCUT2D eigenvalue weighted by Gasteiger charge is -2.23. The van der Waals surface area contributed by atoms with Gasteiger partial charge in [0.1, 0.15) is 0 Å². The Labute approximate surface area is 162 Å². The van der Waals surface area contributed by atoms with Crippen LogP contribution in [0.5, 0.6) is 0 Å². The molecule has 1 heterocycles. The zero-order chi connectivity index (χ0) is 19.6. The minimum Gasteiger partial charge on any atom is -0.324 e. The van der Waals surface area contributed by atoms with E-state index in [4.69, 9.17) is 11.6 Å². The zero-order valence-corrected chi connectivity index (χ0v) is 15.9. The number of imide groups is 1. The van der Waals surface area contributed by atoms with Gasteiger partial charge in [0.2, 0.25) is 11.8 Å². The van der Waals surface area contributed by atoms with E-state index in [1.165, 1.54) is 4.90 Å². The van der Waals surface area contributed by atoms with Gasteiger partial charge in [-0.1, -0.05) is 41.9 Å². The van der Waals surface area contributed by atoms with E-state index in [1.807, 2.05) is 19.1 Å². The summed E-state index contributed by atoms with van der Waals surface area (Å²) in [5.41, 5.74) is 1.94. The van der Waals surface area contributed by atoms with Crippen molar-refractivity contribution in [1.82, 2.24) is 4.90 Å². The Bertz CT molecular complexity index is 900. The minimum absolute atomic E-state index is 0.0312. The van der Waals surface area contributed by atoms with Crippen LogP contribution in [0, 0.1) is 6.92 Å². The fourth-order valence-corrected chi connectivity index (χ4v) is 3.30. The molecule has 1 saturated heterocycles. The van der Waals surface area contributed by atoms with E-state index in [9.17, 15) is 14.4 Å². The van der Waals surface area contributed by atoms with Crippen molar-refractivity contribution in [2.24, 2.45) is 0 Å². The molecular weight excluding hydrogens is 366 g/mol. The van der Waals surface area contributed by atoms with Crippen LogP contribution in [0.4, 0.5) is 11.4 Å². The van der Waals surface area contributed by atoms with Crippen molar-refractivity contribution >= 4 is 40.7 Å². The standard InChI is InChI=1S/C20H20ClN3O3/c1-13-7-3-6-10-16(13)24-19(26)11-17(20(24)27)23(2)12-18(25)22-15-9-5-4-8-14(15)21/h3-10,17H,11-12H2,1-2H3,(H,22,25)/t17-/m0/s1. The average Bonchev–Trinajstić information content (AvgIpc) is 2.92. The van der Waals surface area contributed by atoms with Gasteiger partial charge in [-0.05, 0) is 37.7 Å². The topological polar surface area (TPSA) is 69.7 Å². The van der Waals surface area contributed by atoms with Gasteiger partial charge in [0, 0.05) is 0 Å². The number of amides is 3. The molecule has 0 aliphatic carbocycles. The van der Waals surface area contributed by atoms with Gasteiger partial charge in [0.15, 0.2) is 0 Å². The molecule has 0 radical (unpaired) electrons. The molecule has 3 amide bonds. The number of hydrogen-bond acceptors (Lipinski definition) is 4. The smallest absolute Gasteiger partial charge is 0.251 e. The summed E-state index contributed by atoms with van der Waals surface area (Å²) < 4.78 is 0. The van der Waals surface area contributed by atoms with Crippen molar-refractivity contribution in [2.45, 2.75) is 19.4 Å². The van der Waals surface area contributed by atoms with Gasteiger partial charge in [0.25, 0.3) is 5.91 Å². The van der Waals surface area contributed by atoms with Crippen LogP contribution >= 0.6 is 11.6 Å². The molecule has 2 aromatic rings. The first kappa shape index (κ1) is 19.1. The molecule has 7 heteroatoms. The summed E-state index contributed by atoms with van der Waals surface area (Å²) in [4.78, 5) is 40.4. The van der Waals surface area contributed by atoms with Crippen LogP contribution in [0.2, 0.25) is 5.02 Å². The van der Waals surface area contributed by atoms with Crippen LogP contribution in [0.1, 0.15) is 12.0 Å². The summed E-state index contributed by atoms with van der Waals surface area (Å²) in [6.45, 7) is 1.82. The highest BCUT2D eigenvalue weighted by Gasteiger charge is 2.42. The molecule has 0 aromatic heterocycles. The van der Waals surface area contributed by atoms with Crippen LogP contribution < -0.4 is 10.2 Å². The van der Waals surface area contributed by atoms with Crippen LogP contribution in [0.3, 0.4) is 0 Å². The summed E-state index contributed by atoms with van der Waals surface area (Å²) in [5, 5.41) is 3.16. The van der Waals surface area contributed by atoms with Gasteiger partial charge >= 0.3 is 0 Å². The summed E-state index contributed by atoms with van der Waals surface area (Å²) in [6, 6.07) is 13.5. The quantitative estimate of drug-likeness (QED) is 0.803. The Morgan fingerprint density at radius 2 is 1.85 bits per heavy atom. The molecule has 0 unspecified atom stereocenters. The van der Waals surface area contributed by atoms with Crippen LogP contribution in [0.15, 0.2) is 48.5 Å². The third-order valence-electron chi connectivity index (χ3n) is 4.55. The average molecular weight is 386 g/mol. The molecule has 1 aliphatic rings. The molecule has 0 bridgehead atoms. The highest BCUT2D eigenvalue weighted by Crippen LogP contribution is 2.28. The molecule has 1 aliphatic heterocycles. The number of nitrogens with zero attached hydrogens (tertiary/aromatic N) is 2. The predicted molar refractivity (Wildman–Crippen MR) is 105 cm³/mol. The lowest BCUT2D eigenvalue weighted by atomic mass is 10.2. The molecule has 0 saturated carbocycles. The second kappa shape index (κ2) is 7.90. The van der Waals surface area contributed by atoms with E-state index >= 15 is 0 Å². The third-order valence-corrected chi connectivity index (χ3v) is 4.88. The van der Waals surface area contributed by atoms with Crippen molar-refractivity contribution in [3.8, 4) is 0 Å². The number of para-hydroxylation sites is 2. The summed E-state index contributed by atoms with van der Waals surface area (Å²) in [5.74, 6) is -0.889. The maximum Gasteiger partial charge on any atom is 0.251 e. The summed E-state index contributed by atoms with van der Waals surface area (Å²) in [6.07, 6.45) is 0.0447. The Morgan fingerprint density at radius 3 is 2.56 bits per heavy atom. The molecule has 2 aromatic carbocycles. The van der Waals surface area contributed by atoms with Crippen molar-refractivity contribution in [3.05, 3.63) is 59.1 Å².